The van der Waals surface area contributed by atoms with E-state index in [1.54, 1.807) is 48.7 Å². The normalized spacial score (nSPS) is 21.1. The predicted octanol–water partition coefficient (Wildman–Crippen LogP) is -3.50. The summed E-state index contributed by atoms with van der Waals surface area (Å²) in [6.45, 7) is 1.33. The SMILES string of the molecule is CC(=O)N[C@@H](CCCNC(=N)N)C(=O)N[C@H]1CCC(=O)NCCCC(C(N)=O)NC(=O)[C@H](Cc2c[nH]c3ccccc23)NC(=O)[C@H](CCCNC(=N)N)NC(=O)[C@@H](Cc2ccccc2)NC(=O)[C@H](CCS(C)(=O)=O)NC1=O. The van der Waals surface area contributed by atoms with Gasteiger partial charge in [0, 0.05) is 69.2 Å². The third-order valence-corrected chi connectivity index (χ3v) is 13.3. The summed E-state index contributed by atoms with van der Waals surface area (Å²) in [7, 11) is -3.81. The molecule has 1 saturated heterocycles. The molecular formula is C49H72N16O11S. The lowest BCUT2D eigenvalue weighted by Gasteiger charge is -2.28. The molecule has 77 heavy (non-hydrogen) atoms. The average molecular weight is 1090 g/mol. The zero-order valence-corrected chi connectivity index (χ0v) is 43.9. The van der Waals surface area contributed by atoms with Crippen LogP contribution in [0.1, 0.15) is 75.8 Å². The lowest BCUT2D eigenvalue weighted by atomic mass is 10.0. The van der Waals surface area contributed by atoms with E-state index in [1.807, 2.05) is 12.1 Å². The lowest BCUT2D eigenvalue weighted by molar-refractivity contribution is -0.136. The number of sulfone groups is 1. The van der Waals surface area contributed by atoms with Crippen molar-refractivity contribution in [3.05, 3.63) is 71.9 Å². The molecule has 2 aromatic carbocycles. The topological polar surface area (TPSA) is 450 Å². The van der Waals surface area contributed by atoms with Crippen LogP contribution >= 0.6 is 0 Å². The van der Waals surface area contributed by atoms with Gasteiger partial charge in [-0.15, -0.1) is 0 Å². The number of carbonyl (C=O) groups is 9. The maximum absolute atomic E-state index is 14.6. The molecule has 3 aromatic rings. The Kier molecular flexibility index (Phi) is 24.1. The number of H-pyrrole nitrogens is 1. The first-order chi connectivity index (χ1) is 36.5. The van der Waals surface area contributed by atoms with Gasteiger partial charge in [0.1, 0.15) is 52.1 Å². The molecule has 1 unspecified atom stereocenters. The fourth-order valence-electron chi connectivity index (χ4n) is 8.32. The number of guanidine groups is 2. The number of fused-ring (bicyclic) bond motifs is 1. The van der Waals surface area contributed by atoms with Gasteiger partial charge in [0.05, 0.1) is 5.75 Å². The fourth-order valence-corrected chi connectivity index (χ4v) is 8.98. The molecule has 9 amide bonds. The Morgan fingerprint density at radius 3 is 1.92 bits per heavy atom. The van der Waals surface area contributed by atoms with Crippen LogP contribution in [-0.4, -0.2) is 152 Å². The highest BCUT2D eigenvalue weighted by molar-refractivity contribution is 7.90. The highest BCUT2D eigenvalue weighted by Crippen LogP contribution is 2.20. The molecule has 1 aromatic heterocycles. The van der Waals surface area contributed by atoms with Crippen molar-refractivity contribution in [2.75, 3.05) is 31.6 Å². The summed E-state index contributed by atoms with van der Waals surface area (Å²) in [4.78, 5) is 128. The lowest BCUT2D eigenvalue weighted by Crippen LogP contribution is -2.60. The van der Waals surface area contributed by atoms with Crippen LogP contribution in [0.2, 0.25) is 0 Å². The van der Waals surface area contributed by atoms with Crippen LogP contribution < -0.4 is 70.4 Å². The molecule has 28 heteroatoms. The minimum atomic E-state index is -3.81. The second kappa shape index (κ2) is 30.3. The first kappa shape index (κ1) is 61.2. The largest absolute Gasteiger partial charge is 0.370 e. The highest BCUT2D eigenvalue weighted by Gasteiger charge is 2.35. The smallest absolute Gasteiger partial charge is 0.243 e. The van der Waals surface area contributed by atoms with E-state index in [-0.39, 0.29) is 82.9 Å². The van der Waals surface area contributed by atoms with Crippen molar-refractivity contribution in [3.8, 4) is 0 Å². The molecule has 420 valence electrons. The molecule has 1 aliphatic heterocycles. The van der Waals surface area contributed by atoms with E-state index in [9.17, 15) is 51.6 Å². The quantitative estimate of drug-likeness (QED) is 0.0315. The summed E-state index contributed by atoms with van der Waals surface area (Å²) in [6.07, 6.45) is 1.15. The van der Waals surface area contributed by atoms with Crippen LogP contribution in [0.4, 0.5) is 0 Å². The van der Waals surface area contributed by atoms with Gasteiger partial charge in [0.15, 0.2) is 11.9 Å². The number of amides is 9. The van der Waals surface area contributed by atoms with Crippen molar-refractivity contribution < 1.29 is 51.6 Å². The minimum Gasteiger partial charge on any atom is -0.370 e. The van der Waals surface area contributed by atoms with Crippen molar-refractivity contribution >= 4 is 85.8 Å². The predicted molar refractivity (Wildman–Crippen MR) is 285 cm³/mol. The van der Waals surface area contributed by atoms with Crippen molar-refractivity contribution in [2.45, 2.75) is 120 Å². The standard InChI is InChI=1S/C49H72N16O11S/c1-28(66)59-34(16-9-22-56-48(51)52)42(69)62-36-18-19-40(67)55-21-8-15-33(41(50)68)60-47(74)39(26-30-27-58-32-14-7-6-13-31(30)32)65-43(70)35(17-10-23-57-49(53)54)61-46(73)38(25-29-11-4-3-5-12-29)64-45(72)37(63-44(36)71)20-24-77(2,75)76/h3-7,11-14,27,33-39,58H,8-10,15-26H2,1-2H3,(H2,50,68)(H,55,67)(H,59,66)(H,60,74)(H,61,73)(H,62,69)(H,63,71)(H,64,72)(H,65,70)(H4,51,52,56)(H4,53,54,57)/t33?,34-,35-,36-,37-,38+,39-/m0/s1. The summed E-state index contributed by atoms with van der Waals surface area (Å²) >= 11 is 0. The van der Waals surface area contributed by atoms with Crippen LogP contribution in [-0.2, 0) is 65.8 Å². The summed E-state index contributed by atoms with van der Waals surface area (Å²) < 4.78 is 25.1. The Bertz CT molecular complexity index is 2700. The van der Waals surface area contributed by atoms with Gasteiger partial charge in [0.25, 0.3) is 0 Å². The van der Waals surface area contributed by atoms with E-state index in [0.717, 1.165) is 17.2 Å². The summed E-state index contributed by atoms with van der Waals surface area (Å²) in [5.74, 6) is -9.02. The average Bonchev–Trinajstić information content (AvgIpc) is 3.78. The van der Waals surface area contributed by atoms with Crippen molar-refractivity contribution in [1.82, 2.24) is 58.2 Å². The number of aromatic amines is 1. The van der Waals surface area contributed by atoms with Crippen LogP contribution in [0.15, 0.2) is 60.8 Å². The number of hydrogen-bond acceptors (Lipinski definition) is 13. The third-order valence-electron chi connectivity index (χ3n) is 12.3. The third kappa shape index (κ3) is 21.8. The molecule has 0 radical (unpaired) electrons. The molecule has 27 nitrogen and oxygen atoms in total. The highest BCUT2D eigenvalue weighted by atomic mass is 32.2. The van der Waals surface area contributed by atoms with E-state index in [0.29, 0.717) is 11.1 Å². The summed E-state index contributed by atoms with van der Waals surface area (Å²) in [5, 5.41) is 41.8. The molecule has 19 N–H and O–H groups in total. The molecule has 1 fully saturated rings. The Balaban J connectivity index is 1.79. The number of aromatic nitrogens is 1. The first-order valence-electron chi connectivity index (χ1n) is 25.1. The number of nitrogens with one attached hydrogen (secondary N) is 13. The van der Waals surface area contributed by atoms with E-state index >= 15 is 0 Å². The van der Waals surface area contributed by atoms with Gasteiger partial charge in [-0.25, -0.2) is 8.42 Å². The number of benzene rings is 2. The van der Waals surface area contributed by atoms with Crippen molar-refractivity contribution in [3.63, 3.8) is 0 Å². The first-order valence-corrected chi connectivity index (χ1v) is 27.1. The second-order valence-corrected chi connectivity index (χ2v) is 21.0. The number of nitrogens with two attached hydrogens (primary N) is 3. The number of carbonyl (C=O) groups excluding carboxylic acids is 9. The molecule has 0 bridgehead atoms. The molecule has 2 heterocycles. The molecule has 7 atom stereocenters. The molecule has 1 aliphatic rings. The van der Waals surface area contributed by atoms with Crippen molar-refractivity contribution in [1.29, 1.82) is 10.8 Å². The van der Waals surface area contributed by atoms with Gasteiger partial charge in [0.2, 0.25) is 53.2 Å². The monoisotopic (exact) mass is 1090 g/mol. The van der Waals surface area contributed by atoms with Crippen LogP contribution in [0.3, 0.4) is 0 Å². The van der Waals surface area contributed by atoms with E-state index in [1.165, 1.54) is 6.92 Å². The van der Waals surface area contributed by atoms with Gasteiger partial charge < -0.3 is 75.4 Å². The minimum absolute atomic E-state index is 0.0000956. The number of para-hydroxylation sites is 1. The van der Waals surface area contributed by atoms with Gasteiger partial charge >= 0.3 is 0 Å². The molecule has 0 saturated carbocycles. The second-order valence-electron chi connectivity index (χ2n) is 18.7. The van der Waals surface area contributed by atoms with E-state index in [4.69, 9.17) is 28.0 Å². The Hall–Kier alpha value is -8.30. The van der Waals surface area contributed by atoms with Crippen molar-refractivity contribution in [2.24, 2.45) is 17.2 Å². The van der Waals surface area contributed by atoms with Crippen LogP contribution in [0.5, 0.6) is 0 Å². The number of primary amides is 1. The fraction of sp³-hybridized carbons (Fsp3) is 0.490. The molecule has 4 rings (SSSR count). The maximum atomic E-state index is 14.6. The summed E-state index contributed by atoms with van der Waals surface area (Å²) in [5.41, 5.74) is 18.5. The molecule has 0 spiro atoms. The number of hydrogen-bond donors (Lipinski definition) is 16. The summed E-state index contributed by atoms with van der Waals surface area (Å²) in [6, 6.07) is 5.45. The Morgan fingerprint density at radius 1 is 0.714 bits per heavy atom. The Labute approximate surface area is 445 Å². The van der Waals surface area contributed by atoms with Gasteiger partial charge in [-0.1, -0.05) is 48.5 Å². The zero-order chi connectivity index (χ0) is 56.7. The number of rotatable bonds is 19. The van der Waals surface area contributed by atoms with Gasteiger partial charge in [-0.3, -0.25) is 54.0 Å². The zero-order valence-electron chi connectivity index (χ0n) is 43.1. The van der Waals surface area contributed by atoms with Crippen LogP contribution in [0.25, 0.3) is 10.9 Å². The van der Waals surface area contributed by atoms with Crippen LogP contribution in [0, 0.1) is 10.8 Å². The van der Waals surface area contributed by atoms with Gasteiger partial charge in [-0.2, -0.15) is 0 Å². The molecular weight excluding hydrogens is 1020 g/mol. The maximum Gasteiger partial charge on any atom is 0.243 e. The van der Waals surface area contributed by atoms with E-state index in [2.05, 4.69) is 58.2 Å². The Morgan fingerprint density at radius 2 is 1.29 bits per heavy atom. The van der Waals surface area contributed by atoms with Gasteiger partial charge in [-0.05, 0) is 68.6 Å². The van der Waals surface area contributed by atoms with E-state index < -0.39 is 130 Å². The molecule has 0 aliphatic carbocycles.